The monoisotopic (exact) mass is 960 g/mol. The van der Waals surface area contributed by atoms with Crippen LogP contribution in [0.4, 0.5) is 5.69 Å². The number of likely N-dealkylation sites (tertiary alicyclic amines) is 1. The number of fused-ring (bicyclic) bond motifs is 1. The molecule has 3 unspecified atom stereocenters. The van der Waals surface area contributed by atoms with Crippen molar-refractivity contribution in [3.8, 4) is 23.3 Å². The number of rotatable bonds is 12. The predicted octanol–water partition coefficient (Wildman–Crippen LogP) is 3.54. The van der Waals surface area contributed by atoms with Gasteiger partial charge in [0.15, 0.2) is 5.82 Å². The molecule has 0 radical (unpaired) electrons. The lowest BCUT2D eigenvalue weighted by atomic mass is 9.64. The number of nitrogens with one attached hydrogen (secondary N) is 3. The van der Waals surface area contributed by atoms with Crippen molar-refractivity contribution in [1.82, 2.24) is 50.6 Å². The number of carbonyl (C=O) groups is 4. The number of carbonyl (C=O) groups excluding carboxylic acids is 4. The lowest BCUT2D eigenvalue weighted by Gasteiger charge is -2.45. The molecule has 3 atom stereocenters. The molecule has 4 saturated heterocycles. The highest BCUT2D eigenvalue weighted by Gasteiger charge is 2.50. The fraction of sp³-hybridized carbons (Fsp3) is 0.453. The summed E-state index contributed by atoms with van der Waals surface area (Å²) >= 11 is 0. The molecule has 0 spiro atoms. The average Bonchev–Trinajstić information content (AvgIpc) is 3.40. The van der Waals surface area contributed by atoms with Crippen LogP contribution in [0.15, 0.2) is 96.0 Å². The molecule has 7 heterocycles. The molecular weight excluding hydrogens is 901 g/mol. The summed E-state index contributed by atoms with van der Waals surface area (Å²) in [5, 5.41) is 18.5. The fourth-order valence-corrected chi connectivity index (χ4v) is 11.2. The molecule has 3 N–H and O–H groups in total. The second-order valence-electron chi connectivity index (χ2n) is 19.8. The average molecular weight is 961 g/mol. The third kappa shape index (κ3) is 9.99. The van der Waals surface area contributed by atoms with Gasteiger partial charge in [-0.15, -0.1) is 0 Å². The summed E-state index contributed by atoms with van der Waals surface area (Å²) in [6.07, 6.45) is 17.7. The summed E-state index contributed by atoms with van der Waals surface area (Å²) < 4.78 is 7.49. The first-order valence-corrected chi connectivity index (χ1v) is 24.9. The van der Waals surface area contributed by atoms with Gasteiger partial charge in [-0.25, -0.2) is 15.1 Å². The Labute approximate surface area is 412 Å². The quantitative estimate of drug-likeness (QED) is 0.174. The maximum Gasteiger partial charge on any atom is 0.275 e. The summed E-state index contributed by atoms with van der Waals surface area (Å²) in [6.45, 7) is 9.43. The van der Waals surface area contributed by atoms with Crippen LogP contribution in [0, 0.1) is 29.6 Å². The van der Waals surface area contributed by atoms with Crippen molar-refractivity contribution >= 4 is 40.1 Å². The van der Waals surface area contributed by atoms with E-state index in [1.165, 1.54) is 10.8 Å². The van der Waals surface area contributed by atoms with Gasteiger partial charge in [0, 0.05) is 99.8 Å². The van der Waals surface area contributed by atoms with Crippen LogP contribution in [0.1, 0.15) is 62.2 Å². The van der Waals surface area contributed by atoms with E-state index < -0.39 is 22.9 Å². The van der Waals surface area contributed by atoms with Crippen LogP contribution >= 0.6 is 0 Å². The largest absolute Gasteiger partial charge is 0.477 e. The second-order valence-corrected chi connectivity index (χ2v) is 19.8. The predicted molar refractivity (Wildman–Crippen MR) is 265 cm³/mol. The Morgan fingerprint density at radius 3 is 2.45 bits per heavy atom. The van der Waals surface area contributed by atoms with E-state index in [0.29, 0.717) is 73.8 Å². The third-order valence-electron chi connectivity index (χ3n) is 15.4. The first-order chi connectivity index (χ1) is 34.5. The zero-order valence-corrected chi connectivity index (χ0v) is 40.1. The molecule has 71 heavy (non-hydrogen) atoms. The van der Waals surface area contributed by atoms with Crippen LogP contribution in [0.2, 0.25) is 0 Å². The van der Waals surface area contributed by atoms with Crippen molar-refractivity contribution in [3.63, 3.8) is 0 Å². The normalized spacial score (nSPS) is 24.7. The van der Waals surface area contributed by atoms with Gasteiger partial charge < -0.3 is 14.5 Å². The number of piperazine rings is 1. The lowest BCUT2D eigenvalue weighted by molar-refractivity contribution is -0.136. The molecule has 5 aliphatic heterocycles. The number of aromatic nitrogens is 4. The topological polar surface area (TPSA) is 211 Å². The van der Waals surface area contributed by atoms with Gasteiger partial charge in [-0.2, -0.15) is 15.3 Å². The number of ether oxygens (including phenoxy) is 1. The Bertz CT molecular complexity index is 2900. The van der Waals surface area contributed by atoms with E-state index in [0.717, 1.165) is 87.2 Å². The van der Waals surface area contributed by atoms with Gasteiger partial charge in [-0.3, -0.25) is 44.5 Å². The zero-order chi connectivity index (χ0) is 49.1. The van der Waals surface area contributed by atoms with Gasteiger partial charge >= 0.3 is 0 Å². The molecule has 18 heteroatoms. The highest BCUT2D eigenvalue weighted by atomic mass is 16.5. The number of aryl methyl sites for hydroxylation is 1. The SMILES string of the molecule is Cc1nn(C2CCC(=O)NC2=O)c(=O)c2cc(N3CCC(N4CCN(CC(=O)N5CCC(COc6ccnc(-c7cccc(CC8(C9(C#N)C=CC=CC9)C=CC(=O)NN8)c7)n6)CC5)CC4)CC3)ccc12. The van der Waals surface area contributed by atoms with E-state index >= 15 is 0 Å². The number of imide groups is 1. The number of benzene rings is 2. The van der Waals surface area contributed by atoms with Crippen LogP contribution in [0.25, 0.3) is 22.2 Å². The Balaban J connectivity index is 0.665. The molecule has 6 aliphatic rings. The lowest BCUT2D eigenvalue weighted by Crippen LogP contribution is -2.64. The van der Waals surface area contributed by atoms with Gasteiger partial charge in [0.05, 0.1) is 35.8 Å². The molecule has 2 aromatic carbocycles. The molecule has 1 aliphatic carbocycles. The highest BCUT2D eigenvalue weighted by Crippen LogP contribution is 2.43. The van der Waals surface area contributed by atoms with Crippen molar-refractivity contribution < 1.29 is 23.9 Å². The van der Waals surface area contributed by atoms with Crippen molar-refractivity contribution in [2.45, 2.75) is 75.9 Å². The van der Waals surface area contributed by atoms with Crippen molar-refractivity contribution in [2.24, 2.45) is 11.3 Å². The van der Waals surface area contributed by atoms with Gasteiger partial charge in [0.2, 0.25) is 17.7 Å². The fourth-order valence-electron chi connectivity index (χ4n) is 11.2. The molecule has 4 fully saturated rings. The number of hydrogen-bond acceptors (Lipinski definition) is 14. The van der Waals surface area contributed by atoms with Crippen LogP contribution < -0.4 is 31.4 Å². The number of allylic oxidation sites excluding steroid dienone is 3. The Kier molecular flexibility index (Phi) is 13.6. The first-order valence-electron chi connectivity index (χ1n) is 24.9. The zero-order valence-electron chi connectivity index (χ0n) is 40.1. The second kappa shape index (κ2) is 20.3. The molecule has 0 bridgehead atoms. The Hall–Kier alpha value is -7.07. The van der Waals surface area contributed by atoms with Gasteiger partial charge in [-0.1, -0.05) is 54.6 Å². The molecule has 368 valence electrons. The maximum atomic E-state index is 13.7. The Morgan fingerprint density at radius 1 is 0.901 bits per heavy atom. The Morgan fingerprint density at radius 2 is 1.72 bits per heavy atom. The maximum absolute atomic E-state index is 13.7. The minimum Gasteiger partial charge on any atom is -0.477 e. The summed E-state index contributed by atoms with van der Waals surface area (Å²) in [4.78, 5) is 82.1. The van der Waals surface area contributed by atoms with Crippen LogP contribution in [-0.2, 0) is 25.6 Å². The number of nitriles is 1. The molecular formula is C53H60N12O6. The summed E-state index contributed by atoms with van der Waals surface area (Å²) in [7, 11) is 0. The highest BCUT2D eigenvalue weighted by molar-refractivity contribution is 5.99. The molecule has 4 aromatic rings. The summed E-state index contributed by atoms with van der Waals surface area (Å²) in [5.74, 6) is 0.400. The molecule has 4 amide bonds. The van der Waals surface area contributed by atoms with Gasteiger partial charge in [-0.05, 0) is 81.5 Å². The number of hydrazine groups is 1. The van der Waals surface area contributed by atoms with E-state index in [1.54, 1.807) is 18.3 Å². The van der Waals surface area contributed by atoms with Crippen molar-refractivity contribution in [3.05, 3.63) is 113 Å². The molecule has 2 aromatic heterocycles. The number of amides is 4. The summed E-state index contributed by atoms with van der Waals surface area (Å²) in [6, 6.07) is 17.8. The van der Waals surface area contributed by atoms with E-state index in [-0.39, 0.29) is 36.1 Å². The summed E-state index contributed by atoms with van der Waals surface area (Å²) in [5.41, 5.74) is 7.17. The number of anilines is 1. The van der Waals surface area contributed by atoms with Gasteiger partial charge in [0.25, 0.3) is 17.4 Å². The minimum atomic E-state index is -0.918. The number of hydrogen-bond donors (Lipinski definition) is 3. The van der Waals surface area contributed by atoms with Crippen molar-refractivity contribution in [2.75, 3.05) is 70.4 Å². The number of nitrogens with zero attached hydrogens (tertiary/aromatic N) is 9. The molecule has 18 nitrogen and oxygen atoms in total. The van der Waals surface area contributed by atoms with Crippen LogP contribution in [0.5, 0.6) is 5.88 Å². The van der Waals surface area contributed by atoms with E-state index in [2.05, 4.69) is 47.0 Å². The van der Waals surface area contributed by atoms with Crippen molar-refractivity contribution in [1.29, 1.82) is 5.26 Å². The minimum absolute atomic E-state index is 0.172. The number of piperidine rings is 3. The van der Waals surface area contributed by atoms with Crippen LogP contribution in [0.3, 0.4) is 0 Å². The van der Waals surface area contributed by atoms with Gasteiger partial charge in [0.1, 0.15) is 11.5 Å². The smallest absolute Gasteiger partial charge is 0.275 e. The van der Waals surface area contributed by atoms with E-state index in [4.69, 9.17) is 9.72 Å². The molecule has 10 rings (SSSR count). The molecule has 0 saturated carbocycles. The first kappa shape index (κ1) is 47.6. The van der Waals surface area contributed by atoms with Crippen LogP contribution in [-0.4, -0.2) is 135 Å². The standard InChI is InChI=1S/C53H60N12O6/c1-36-42-9-8-41(31-43(42)51(70)65(59-36)44-10-11-45(66)56-50(44)69)62-24-16-40(17-25-62)63-28-26-61(27-29-63)33-48(68)64-22-14-37(15-23-64)34-71-47-13-21-55-49(57-47)39-7-5-6-38(30-39)32-53(20-12-46(67)58-60-53)52(35-54)18-3-2-4-19-52/h2-9,12-13,18,20-21,30-31,37,40,44,60H,10-11,14-17,19,22-29,32-34H2,1H3,(H,58,67)(H,56,66,69). The van der Waals surface area contributed by atoms with E-state index in [1.807, 2.05) is 78.6 Å². The third-order valence-corrected chi connectivity index (χ3v) is 15.4. The van der Waals surface area contributed by atoms with E-state index in [9.17, 15) is 29.2 Å².